The third kappa shape index (κ3) is 3.72. The number of hydrazine groups is 1. The number of anilines is 1. The van der Waals surface area contributed by atoms with E-state index in [9.17, 15) is 10.1 Å². The van der Waals surface area contributed by atoms with Crippen LogP contribution in [-0.2, 0) is 5.75 Å². The van der Waals surface area contributed by atoms with E-state index >= 15 is 0 Å². The number of nitro benzene ring substituents is 1. The first kappa shape index (κ1) is 14.8. The van der Waals surface area contributed by atoms with Crippen LogP contribution < -0.4 is 11.3 Å². The molecule has 0 spiro atoms. The molecule has 0 heterocycles. The Morgan fingerprint density at radius 1 is 1.30 bits per heavy atom. The average Bonchev–Trinajstić information content (AvgIpc) is 2.45. The summed E-state index contributed by atoms with van der Waals surface area (Å²) in [6.45, 7) is 0. The van der Waals surface area contributed by atoms with Crippen molar-refractivity contribution in [3.63, 3.8) is 0 Å². The van der Waals surface area contributed by atoms with Crippen molar-refractivity contribution < 1.29 is 4.92 Å². The van der Waals surface area contributed by atoms with Crippen LogP contribution in [0.3, 0.4) is 0 Å². The van der Waals surface area contributed by atoms with E-state index < -0.39 is 4.92 Å². The second-order valence-corrected chi connectivity index (χ2v) is 5.96. The first-order valence-corrected chi connectivity index (χ1v) is 7.50. The molecule has 0 bridgehead atoms. The van der Waals surface area contributed by atoms with E-state index in [0.717, 1.165) is 14.9 Å². The SMILES string of the molecule is NNc1ccc(CSc2cccc(Br)c2)cc1[N+](=O)[O-]. The minimum atomic E-state index is -0.442. The minimum absolute atomic E-state index is 0.0140. The van der Waals surface area contributed by atoms with Crippen LogP contribution in [0.15, 0.2) is 51.8 Å². The lowest BCUT2D eigenvalue weighted by atomic mass is 10.2. The second-order valence-electron chi connectivity index (χ2n) is 4.00. The van der Waals surface area contributed by atoms with Gasteiger partial charge in [0.25, 0.3) is 5.69 Å². The fourth-order valence-corrected chi connectivity index (χ4v) is 3.11. The zero-order chi connectivity index (χ0) is 14.5. The lowest BCUT2D eigenvalue weighted by Crippen LogP contribution is -2.09. The van der Waals surface area contributed by atoms with Gasteiger partial charge in [0.15, 0.2) is 0 Å². The van der Waals surface area contributed by atoms with Gasteiger partial charge >= 0.3 is 0 Å². The predicted octanol–water partition coefficient (Wildman–Crippen LogP) is 3.94. The van der Waals surface area contributed by atoms with Gasteiger partial charge in [0.2, 0.25) is 0 Å². The molecule has 104 valence electrons. The number of halogens is 1. The highest BCUT2D eigenvalue weighted by Crippen LogP contribution is 2.29. The molecule has 0 radical (unpaired) electrons. The van der Waals surface area contributed by atoms with Gasteiger partial charge in [-0.3, -0.25) is 16.0 Å². The summed E-state index contributed by atoms with van der Waals surface area (Å²) in [5.74, 6) is 5.91. The fraction of sp³-hybridized carbons (Fsp3) is 0.0769. The highest BCUT2D eigenvalue weighted by Gasteiger charge is 2.13. The summed E-state index contributed by atoms with van der Waals surface area (Å²) in [6.07, 6.45) is 0. The molecule has 0 aromatic heterocycles. The van der Waals surface area contributed by atoms with Gasteiger partial charge in [-0.15, -0.1) is 11.8 Å². The number of hydrogen-bond donors (Lipinski definition) is 2. The molecule has 2 aromatic carbocycles. The van der Waals surface area contributed by atoms with Crippen LogP contribution in [0.2, 0.25) is 0 Å². The molecule has 0 atom stereocenters. The molecule has 0 aliphatic heterocycles. The van der Waals surface area contributed by atoms with Crippen LogP contribution in [0.1, 0.15) is 5.56 Å². The number of thioether (sulfide) groups is 1. The first-order chi connectivity index (χ1) is 9.60. The van der Waals surface area contributed by atoms with Gasteiger partial charge in [0.05, 0.1) is 4.92 Å². The van der Waals surface area contributed by atoms with E-state index in [1.54, 1.807) is 23.9 Å². The number of nitrogens with zero attached hydrogens (tertiary/aromatic N) is 1. The minimum Gasteiger partial charge on any atom is -0.318 e. The number of nitro groups is 1. The third-order valence-corrected chi connectivity index (χ3v) is 4.17. The molecule has 0 aliphatic carbocycles. The van der Waals surface area contributed by atoms with Crippen LogP contribution in [0, 0.1) is 10.1 Å². The maximum absolute atomic E-state index is 10.9. The monoisotopic (exact) mass is 353 g/mol. The van der Waals surface area contributed by atoms with Crippen molar-refractivity contribution in [1.82, 2.24) is 0 Å². The van der Waals surface area contributed by atoms with Crippen molar-refractivity contribution in [2.45, 2.75) is 10.6 Å². The van der Waals surface area contributed by atoms with Crippen molar-refractivity contribution in [2.75, 3.05) is 5.43 Å². The maximum Gasteiger partial charge on any atom is 0.293 e. The van der Waals surface area contributed by atoms with Gasteiger partial charge in [0.1, 0.15) is 5.69 Å². The number of nitrogens with one attached hydrogen (secondary N) is 1. The van der Waals surface area contributed by atoms with E-state index in [4.69, 9.17) is 5.84 Å². The molecule has 20 heavy (non-hydrogen) atoms. The molecule has 0 saturated carbocycles. The fourth-order valence-electron chi connectivity index (χ4n) is 1.66. The van der Waals surface area contributed by atoms with E-state index in [-0.39, 0.29) is 5.69 Å². The highest BCUT2D eigenvalue weighted by molar-refractivity contribution is 9.10. The molecule has 0 amide bonds. The van der Waals surface area contributed by atoms with Gasteiger partial charge in [-0.1, -0.05) is 28.1 Å². The average molecular weight is 354 g/mol. The van der Waals surface area contributed by atoms with Gasteiger partial charge in [-0.25, -0.2) is 0 Å². The Kier molecular flexibility index (Phi) is 4.99. The Morgan fingerprint density at radius 3 is 2.75 bits per heavy atom. The molecule has 0 unspecified atom stereocenters. The van der Waals surface area contributed by atoms with Crippen molar-refractivity contribution in [3.8, 4) is 0 Å². The van der Waals surface area contributed by atoms with Gasteiger partial charge in [0, 0.05) is 21.2 Å². The molecule has 2 aromatic rings. The topological polar surface area (TPSA) is 81.2 Å². The Hall–Kier alpha value is -1.57. The lowest BCUT2D eigenvalue weighted by Gasteiger charge is -2.06. The molecule has 5 nitrogen and oxygen atoms in total. The number of hydrogen-bond acceptors (Lipinski definition) is 5. The van der Waals surface area contributed by atoms with Crippen molar-refractivity contribution in [3.05, 3.63) is 62.6 Å². The summed E-state index contributed by atoms with van der Waals surface area (Å²) in [5, 5.41) is 10.9. The zero-order valence-electron chi connectivity index (χ0n) is 10.4. The van der Waals surface area contributed by atoms with E-state index in [0.29, 0.717) is 11.4 Å². The number of nitrogens with two attached hydrogens (primary N) is 1. The summed E-state index contributed by atoms with van der Waals surface area (Å²) in [4.78, 5) is 11.6. The lowest BCUT2D eigenvalue weighted by molar-refractivity contribution is -0.384. The second kappa shape index (κ2) is 6.74. The summed E-state index contributed by atoms with van der Waals surface area (Å²) in [6, 6.07) is 12.9. The number of nitrogen functional groups attached to an aromatic ring is 1. The van der Waals surface area contributed by atoms with E-state index in [1.807, 2.05) is 30.3 Å². The maximum atomic E-state index is 10.9. The third-order valence-electron chi connectivity index (χ3n) is 2.62. The molecular formula is C13H12BrN3O2S. The summed E-state index contributed by atoms with van der Waals surface area (Å²) < 4.78 is 1.01. The molecule has 7 heteroatoms. The number of benzene rings is 2. The smallest absolute Gasteiger partial charge is 0.293 e. The van der Waals surface area contributed by atoms with Gasteiger partial charge in [-0.05, 0) is 29.8 Å². The Labute approximate surface area is 128 Å². The van der Waals surface area contributed by atoms with Gasteiger partial charge in [-0.2, -0.15) is 0 Å². The standard InChI is InChI=1S/C13H12BrN3O2S/c14-10-2-1-3-11(7-10)20-8-9-4-5-12(16-15)13(6-9)17(18)19/h1-7,16H,8,15H2. The summed E-state index contributed by atoms with van der Waals surface area (Å²) >= 11 is 5.03. The number of rotatable bonds is 5. The van der Waals surface area contributed by atoms with Crippen LogP contribution in [0.5, 0.6) is 0 Å². The van der Waals surface area contributed by atoms with E-state index in [1.165, 1.54) is 0 Å². The summed E-state index contributed by atoms with van der Waals surface area (Å²) in [5.41, 5.74) is 3.50. The molecule has 0 saturated heterocycles. The zero-order valence-corrected chi connectivity index (χ0v) is 12.8. The van der Waals surface area contributed by atoms with Gasteiger partial charge < -0.3 is 5.43 Å². The highest BCUT2D eigenvalue weighted by atomic mass is 79.9. The van der Waals surface area contributed by atoms with Crippen molar-refractivity contribution >= 4 is 39.1 Å². The van der Waals surface area contributed by atoms with Crippen molar-refractivity contribution in [1.29, 1.82) is 0 Å². The van der Waals surface area contributed by atoms with E-state index in [2.05, 4.69) is 21.4 Å². The van der Waals surface area contributed by atoms with Crippen LogP contribution >= 0.6 is 27.7 Å². The Balaban J connectivity index is 2.14. The first-order valence-electron chi connectivity index (χ1n) is 5.72. The molecule has 3 N–H and O–H groups in total. The quantitative estimate of drug-likeness (QED) is 0.368. The Bertz CT molecular complexity index is 637. The molecular weight excluding hydrogens is 342 g/mol. The molecule has 2 rings (SSSR count). The largest absolute Gasteiger partial charge is 0.318 e. The Morgan fingerprint density at radius 2 is 2.10 bits per heavy atom. The summed E-state index contributed by atoms with van der Waals surface area (Å²) in [7, 11) is 0. The predicted molar refractivity (Wildman–Crippen MR) is 84.6 cm³/mol. The molecule has 0 aliphatic rings. The van der Waals surface area contributed by atoms with Crippen LogP contribution in [-0.4, -0.2) is 4.92 Å². The van der Waals surface area contributed by atoms with Crippen LogP contribution in [0.25, 0.3) is 0 Å². The van der Waals surface area contributed by atoms with Crippen molar-refractivity contribution in [2.24, 2.45) is 5.84 Å². The van der Waals surface area contributed by atoms with Crippen LogP contribution in [0.4, 0.5) is 11.4 Å². The molecule has 0 fully saturated rings. The normalized spacial score (nSPS) is 10.3.